The third-order valence-corrected chi connectivity index (χ3v) is 9.25. The molecule has 3 fully saturated rings. The predicted molar refractivity (Wildman–Crippen MR) is 152 cm³/mol. The van der Waals surface area contributed by atoms with Gasteiger partial charge in [-0.3, -0.25) is 24.0 Å². The molecule has 2 aliphatic carbocycles. The molecule has 0 aromatic carbocycles. The summed E-state index contributed by atoms with van der Waals surface area (Å²) in [6.07, 6.45) is 7.34. The van der Waals surface area contributed by atoms with Crippen LogP contribution < -0.4 is 10.6 Å². The monoisotopic (exact) mass is 599 g/mol. The highest BCUT2D eigenvalue weighted by atomic mass is 35.5. The lowest BCUT2D eigenvalue weighted by Crippen LogP contribution is -2.56. The predicted octanol–water partition coefficient (Wildman–Crippen LogP) is 3.70. The number of ether oxygens (including phenoxy) is 1. The van der Waals surface area contributed by atoms with Crippen LogP contribution in [-0.4, -0.2) is 69.5 Å². The Morgan fingerprint density at radius 1 is 1.12 bits per heavy atom. The van der Waals surface area contributed by atoms with Gasteiger partial charge in [-0.2, -0.15) is 0 Å². The van der Waals surface area contributed by atoms with E-state index in [1.165, 1.54) is 6.42 Å². The molecule has 0 aromatic heterocycles. The number of ketones is 1. The molecule has 11 heteroatoms. The summed E-state index contributed by atoms with van der Waals surface area (Å²) in [4.78, 5) is 66.4. The minimum Gasteiger partial charge on any atom is -0.460 e. The minimum atomic E-state index is -1.14. The van der Waals surface area contributed by atoms with Crippen LogP contribution >= 0.6 is 23.2 Å². The molecule has 2 N–H and O–H groups in total. The van der Waals surface area contributed by atoms with E-state index in [9.17, 15) is 24.0 Å². The van der Waals surface area contributed by atoms with Crippen LogP contribution in [0.4, 0.5) is 0 Å². The van der Waals surface area contributed by atoms with Crippen LogP contribution in [0.25, 0.3) is 0 Å². The minimum absolute atomic E-state index is 0.0870. The maximum Gasteiger partial charge on any atom is 0.308 e. The standard InChI is InChI=1S/C29H43Cl2N3O6/c1-6-7-13-20(24(36)26(38)32-15-14-21(35)40-28(3,4)5)33-25(37)23-22-19(29(22,30)31)16-34(23)27(39)17(2)18-11-9-8-10-12-18/h6,17-20,22-23H,1,7-16H2,2-5H3,(H,32,38)(H,33,37)/t17-,19-,20?,22-,23-/m0/s1. The molecule has 40 heavy (non-hydrogen) atoms. The second-order valence-electron chi connectivity index (χ2n) is 12.3. The molecule has 3 amide bonds. The summed E-state index contributed by atoms with van der Waals surface area (Å²) < 4.78 is 4.09. The fourth-order valence-electron chi connectivity index (χ4n) is 5.96. The van der Waals surface area contributed by atoms with Crippen LogP contribution in [0.3, 0.4) is 0 Å². The van der Waals surface area contributed by atoms with Gasteiger partial charge in [0.05, 0.1) is 12.5 Å². The van der Waals surface area contributed by atoms with Gasteiger partial charge < -0.3 is 20.3 Å². The molecule has 9 nitrogen and oxygen atoms in total. The Bertz CT molecular complexity index is 1000. The summed E-state index contributed by atoms with van der Waals surface area (Å²) in [5, 5.41) is 5.14. The average molecular weight is 601 g/mol. The quantitative estimate of drug-likeness (QED) is 0.153. The highest BCUT2D eigenvalue weighted by Crippen LogP contribution is 2.65. The van der Waals surface area contributed by atoms with Gasteiger partial charge in [-0.25, -0.2) is 0 Å². The largest absolute Gasteiger partial charge is 0.460 e. The number of fused-ring (bicyclic) bond motifs is 1. The molecule has 5 atom stereocenters. The number of rotatable bonds is 12. The second-order valence-corrected chi connectivity index (χ2v) is 13.8. The SMILES string of the molecule is C=CCCC(NC(=O)[C@@H]1[C@@H]2[C@H](CN1C(=O)[C@@H](C)C1CCCCC1)C2(Cl)Cl)C(=O)C(=O)NCCC(=O)OC(C)(C)C. The summed E-state index contributed by atoms with van der Waals surface area (Å²) >= 11 is 12.9. The molecule has 1 heterocycles. The van der Waals surface area contributed by atoms with Gasteiger partial charge in [0.2, 0.25) is 17.6 Å². The summed E-state index contributed by atoms with van der Waals surface area (Å²) in [7, 11) is 0. The number of hydrogen-bond acceptors (Lipinski definition) is 6. The number of esters is 1. The fraction of sp³-hybridized carbons (Fsp3) is 0.759. The van der Waals surface area contributed by atoms with E-state index >= 15 is 0 Å². The van der Waals surface area contributed by atoms with E-state index in [0.29, 0.717) is 6.42 Å². The fourth-order valence-corrected chi connectivity index (χ4v) is 6.78. The molecular formula is C29H43Cl2N3O6. The number of nitrogens with one attached hydrogen (secondary N) is 2. The van der Waals surface area contributed by atoms with Crippen molar-refractivity contribution in [3.05, 3.63) is 12.7 Å². The zero-order chi connectivity index (χ0) is 29.8. The van der Waals surface area contributed by atoms with Crippen molar-refractivity contribution in [2.75, 3.05) is 13.1 Å². The van der Waals surface area contributed by atoms with E-state index < -0.39 is 51.5 Å². The molecular weight excluding hydrogens is 557 g/mol. The van der Waals surface area contributed by atoms with Crippen LogP contribution in [0.5, 0.6) is 0 Å². The van der Waals surface area contributed by atoms with Crippen molar-refractivity contribution in [1.29, 1.82) is 0 Å². The van der Waals surface area contributed by atoms with Gasteiger partial charge in [-0.15, -0.1) is 29.8 Å². The zero-order valence-corrected chi connectivity index (χ0v) is 25.5. The van der Waals surface area contributed by atoms with Gasteiger partial charge in [0.1, 0.15) is 16.0 Å². The number of Topliss-reactive ketones (excluding diaryl/α,β-unsaturated/α-hetero) is 1. The first kappa shape index (κ1) is 32.4. The van der Waals surface area contributed by atoms with Crippen molar-refractivity contribution in [1.82, 2.24) is 15.5 Å². The first-order valence-corrected chi connectivity index (χ1v) is 15.1. The lowest BCUT2D eigenvalue weighted by atomic mass is 9.80. The number of carbonyl (C=O) groups is 5. The molecule has 2 saturated carbocycles. The Labute approximate surface area is 247 Å². The van der Waals surface area contributed by atoms with Crippen LogP contribution in [0.2, 0.25) is 0 Å². The molecule has 224 valence electrons. The number of carbonyl (C=O) groups excluding carboxylic acids is 5. The van der Waals surface area contributed by atoms with E-state index in [4.69, 9.17) is 27.9 Å². The molecule has 0 radical (unpaired) electrons. The number of nitrogens with zero attached hydrogens (tertiary/aromatic N) is 1. The van der Waals surface area contributed by atoms with E-state index in [2.05, 4.69) is 17.2 Å². The van der Waals surface area contributed by atoms with Gasteiger partial charge >= 0.3 is 5.97 Å². The number of hydrogen-bond donors (Lipinski definition) is 2. The number of likely N-dealkylation sites (tertiary alicyclic amines) is 1. The molecule has 3 rings (SSSR count). The van der Waals surface area contributed by atoms with Crippen LogP contribution in [-0.2, 0) is 28.7 Å². The highest BCUT2D eigenvalue weighted by molar-refractivity contribution is 6.51. The number of halogens is 2. The number of amides is 3. The zero-order valence-electron chi connectivity index (χ0n) is 24.0. The first-order valence-electron chi connectivity index (χ1n) is 14.3. The molecule has 0 aromatic rings. The normalized spacial score (nSPS) is 25.2. The number of allylic oxidation sites excluding steroid dienone is 1. The van der Waals surface area contributed by atoms with Gasteiger partial charge in [-0.05, 0) is 52.4 Å². The van der Waals surface area contributed by atoms with Gasteiger partial charge in [0, 0.05) is 30.8 Å². The van der Waals surface area contributed by atoms with Gasteiger partial charge in [-0.1, -0.05) is 32.3 Å². The van der Waals surface area contributed by atoms with E-state index in [0.717, 1.165) is 25.7 Å². The Morgan fingerprint density at radius 3 is 2.38 bits per heavy atom. The summed E-state index contributed by atoms with van der Waals surface area (Å²) in [6, 6.07) is -2.06. The first-order chi connectivity index (χ1) is 18.7. The Hall–Kier alpha value is -2.13. The maximum atomic E-state index is 13.6. The maximum absolute atomic E-state index is 13.6. The molecule has 0 bridgehead atoms. The molecule has 1 saturated heterocycles. The van der Waals surface area contributed by atoms with Crippen LogP contribution in [0.1, 0.15) is 79.1 Å². The third-order valence-electron chi connectivity index (χ3n) is 8.18. The van der Waals surface area contributed by atoms with Crippen molar-refractivity contribution in [3.63, 3.8) is 0 Å². The van der Waals surface area contributed by atoms with E-state index in [1.54, 1.807) is 31.7 Å². The van der Waals surface area contributed by atoms with Crippen molar-refractivity contribution >= 4 is 52.7 Å². The lowest BCUT2D eigenvalue weighted by molar-refractivity contribution is -0.154. The highest BCUT2D eigenvalue weighted by Gasteiger charge is 2.74. The van der Waals surface area contributed by atoms with Crippen LogP contribution in [0.15, 0.2) is 12.7 Å². The van der Waals surface area contributed by atoms with Crippen molar-refractivity contribution in [3.8, 4) is 0 Å². The van der Waals surface area contributed by atoms with Gasteiger partial charge in [0.25, 0.3) is 5.91 Å². The molecule has 1 unspecified atom stereocenters. The second kappa shape index (κ2) is 13.2. The summed E-state index contributed by atoms with van der Waals surface area (Å²) in [5.41, 5.74) is -0.662. The Balaban J connectivity index is 1.66. The van der Waals surface area contributed by atoms with Crippen molar-refractivity contribution in [2.45, 2.75) is 101 Å². The topological polar surface area (TPSA) is 122 Å². The Morgan fingerprint density at radius 2 is 1.77 bits per heavy atom. The van der Waals surface area contributed by atoms with Crippen LogP contribution in [0, 0.1) is 23.7 Å². The van der Waals surface area contributed by atoms with Crippen molar-refractivity contribution in [2.24, 2.45) is 23.7 Å². The summed E-state index contributed by atoms with van der Waals surface area (Å²) in [5.74, 6) is -3.57. The number of alkyl halides is 2. The average Bonchev–Trinajstić information content (AvgIpc) is 3.22. The smallest absolute Gasteiger partial charge is 0.308 e. The lowest BCUT2D eigenvalue weighted by Gasteiger charge is -2.35. The third kappa shape index (κ3) is 7.78. The molecule has 0 spiro atoms. The van der Waals surface area contributed by atoms with Crippen molar-refractivity contribution < 1.29 is 28.7 Å². The Kier molecular flexibility index (Phi) is 10.7. The molecule has 1 aliphatic heterocycles. The van der Waals surface area contributed by atoms with E-state index in [-0.39, 0.29) is 49.6 Å². The van der Waals surface area contributed by atoms with Gasteiger partial charge in [0.15, 0.2) is 0 Å². The summed E-state index contributed by atoms with van der Waals surface area (Å²) in [6.45, 7) is 11.0. The van der Waals surface area contributed by atoms with E-state index in [1.807, 2.05) is 6.92 Å². The number of piperidine rings is 1. The molecule has 3 aliphatic rings.